The Balaban J connectivity index is 1.33. The highest BCUT2D eigenvalue weighted by Crippen LogP contribution is 2.18. The van der Waals surface area contributed by atoms with Crippen molar-refractivity contribution in [2.75, 3.05) is 39.8 Å². The Morgan fingerprint density at radius 2 is 1.78 bits per heavy atom. The van der Waals surface area contributed by atoms with E-state index < -0.39 is 0 Å². The van der Waals surface area contributed by atoms with Crippen LogP contribution in [0.3, 0.4) is 0 Å². The summed E-state index contributed by atoms with van der Waals surface area (Å²) >= 11 is 0. The maximum Gasteiger partial charge on any atom is 0.234 e. The molecule has 2 aromatic carbocycles. The summed E-state index contributed by atoms with van der Waals surface area (Å²) in [6.07, 6.45) is 1.84. The molecule has 0 radical (unpaired) electrons. The SMILES string of the molecule is CN1CCN(CC(=O)NCc2ccc(-n3cnc4ccccc43)cc2)CC1. The van der Waals surface area contributed by atoms with Gasteiger partial charge in [-0.2, -0.15) is 0 Å². The first-order valence-corrected chi connectivity index (χ1v) is 9.38. The predicted octanol–water partition coefficient (Wildman–Crippen LogP) is 1.89. The van der Waals surface area contributed by atoms with Gasteiger partial charge < -0.3 is 10.2 Å². The molecule has 1 fully saturated rings. The zero-order valence-corrected chi connectivity index (χ0v) is 15.6. The van der Waals surface area contributed by atoms with Gasteiger partial charge in [-0.1, -0.05) is 24.3 Å². The average Bonchev–Trinajstić information content (AvgIpc) is 3.13. The van der Waals surface area contributed by atoms with E-state index in [1.807, 2.05) is 24.5 Å². The van der Waals surface area contributed by atoms with Crippen molar-refractivity contribution in [3.05, 3.63) is 60.4 Å². The van der Waals surface area contributed by atoms with Crippen molar-refractivity contribution < 1.29 is 4.79 Å². The van der Waals surface area contributed by atoms with E-state index >= 15 is 0 Å². The normalized spacial score (nSPS) is 15.9. The molecule has 1 amide bonds. The number of hydrogen-bond donors (Lipinski definition) is 1. The van der Waals surface area contributed by atoms with E-state index in [1.54, 1.807) is 0 Å². The number of nitrogens with zero attached hydrogens (tertiary/aromatic N) is 4. The third-order valence-corrected chi connectivity index (χ3v) is 5.12. The van der Waals surface area contributed by atoms with Crippen molar-refractivity contribution in [2.45, 2.75) is 6.54 Å². The van der Waals surface area contributed by atoms with Crippen molar-refractivity contribution >= 4 is 16.9 Å². The first-order chi connectivity index (χ1) is 13.2. The molecular formula is C21H25N5O. The van der Waals surface area contributed by atoms with Crippen molar-refractivity contribution in [3.8, 4) is 5.69 Å². The third kappa shape index (κ3) is 4.18. The molecule has 1 aliphatic heterocycles. The van der Waals surface area contributed by atoms with Crippen LogP contribution in [0, 0.1) is 0 Å². The average molecular weight is 363 g/mol. The molecule has 3 aromatic rings. The van der Waals surface area contributed by atoms with Gasteiger partial charge in [0.2, 0.25) is 5.91 Å². The van der Waals surface area contributed by atoms with Crippen LogP contribution in [-0.4, -0.2) is 65.0 Å². The third-order valence-electron chi connectivity index (χ3n) is 5.12. The lowest BCUT2D eigenvalue weighted by Crippen LogP contribution is -2.48. The molecule has 0 aliphatic carbocycles. The lowest BCUT2D eigenvalue weighted by atomic mass is 10.2. The maximum absolute atomic E-state index is 12.2. The minimum absolute atomic E-state index is 0.0873. The molecule has 0 saturated carbocycles. The Hall–Kier alpha value is -2.70. The second kappa shape index (κ2) is 7.90. The minimum Gasteiger partial charge on any atom is -0.351 e. The molecule has 1 aliphatic rings. The molecule has 6 nitrogen and oxygen atoms in total. The van der Waals surface area contributed by atoms with Crippen LogP contribution in [0.5, 0.6) is 0 Å². The number of likely N-dealkylation sites (N-methyl/N-ethyl adjacent to an activating group) is 1. The number of rotatable bonds is 5. The number of nitrogens with one attached hydrogen (secondary N) is 1. The Kier molecular flexibility index (Phi) is 5.18. The van der Waals surface area contributed by atoms with E-state index in [9.17, 15) is 4.79 Å². The van der Waals surface area contributed by atoms with Crippen LogP contribution in [0.15, 0.2) is 54.9 Å². The van der Waals surface area contributed by atoms with Gasteiger partial charge in [0.1, 0.15) is 6.33 Å². The first kappa shape index (κ1) is 17.7. The van der Waals surface area contributed by atoms with E-state index in [-0.39, 0.29) is 5.91 Å². The highest BCUT2D eigenvalue weighted by atomic mass is 16.2. The molecule has 4 rings (SSSR count). The number of imidazole rings is 1. The number of benzene rings is 2. The van der Waals surface area contributed by atoms with E-state index in [0.29, 0.717) is 13.1 Å². The fourth-order valence-electron chi connectivity index (χ4n) is 3.40. The Bertz CT molecular complexity index is 910. The highest BCUT2D eigenvalue weighted by Gasteiger charge is 2.16. The summed E-state index contributed by atoms with van der Waals surface area (Å²) in [5.41, 5.74) is 4.23. The van der Waals surface area contributed by atoms with Gasteiger partial charge in [-0.25, -0.2) is 4.98 Å². The topological polar surface area (TPSA) is 53.4 Å². The zero-order valence-electron chi connectivity index (χ0n) is 15.6. The number of carbonyl (C=O) groups is 1. The Morgan fingerprint density at radius 1 is 1.04 bits per heavy atom. The monoisotopic (exact) mass is 363 g/mol. The zero-order chi connectivity index (χ0) is 18.6. The molecule has 0 atom stereocenters. The molecule has 0 bridgehead atoms. The smallest absolute Gasteiger partial charge is 0.234 e. The van der Waals surface area contributed by atoms with Gasteiger partial charge in [-0.3, -0.25) is 14.3 Å². The summed E-state index contributed by atoms with van der Waals surface area (Å²) in [5, 5.41) is 3.03. The van der Waals surface area contributed by atoms with Gasteiger partial charge in [0.05, 0.1) is 17.6 Å². The number of piperazine rings is 1. The van der Waals surface area contributed by atoms with Crippen molar-refractivity contribution in [1.29, 1.82) is 0 Å². The lowest BCUT2D eigenvalue weighted by Gasteiger charge is -2.31. The summed E-state index contributed by atoms with van der Waals surface area (Å²) in [4.78, 5) is 21.1. The van der Waals surface area contributed by atoms with Crippen LogP contribution in [0.4, 0.5) is 0 Å². The van der Waals surface area contributed by atoms with E-state index in [0.717, 1.165) is 48.5 Å². The van der Waals surface area contributed by atoms with Crippen LogP contribution in [0.2, 0.25) is 0 Å². The molecule has 0 unspecified atom stereocenters. The molecular weight excluding hydrogens is 338 g/mol. The largest absolute Gasteiger partial charge is 0.351 e. The number of fused-ring (bicyclic) bond motifs is 1. The fraction of sp³-hybridized carbons (Fsp3) is 0.333. The minimum atomic E-state index is 0.0873. The summed E-state index contributed by atoms with van der Waals surface area (Å²) in [5.74, 6) is 0.0873. The van der Waals surface area contributed by atoms with Crippen molar-refractivity contribution in [2.24, 2.45) is 0 Å². The standard InChI is InChI=1S/C21H25N5O/c1-24-10-12-25(13-11-24)15-21(27)22-14-17-6-8-18(9-7-17)26-16-23-19-4-2-3-5-20(19)26/h2-9,16H,10-15H2,1H3,(H,22,27). The number of aromatic nitrogens is 2. The van der Waals surface area contributed by atoms with Crippen LogP contribution >= 0.6 is 0 Å². The summed E-state index contributed by atoms with van der Waals surface area (Å²) in [7, 11) is 2.12. The van der Waals surface area contributed by atoms with E-state index in [2.05, 4.69) is 62.0 Å². The van der Waals surface area contributed by atoms with Crippen LogP contribution in [0.25, 0.3) is 16.7 Å². The van der Waals surface area contributed by atoms with Gasteiger partial charge in [0, 0.05) is 38.4 Å². The number of hydrogen-bond acceptors (Lipinski definition) is 4. The van der Waals surface area contributed by atoms with E-state index in [1.165, 1.54) is 0 Å². The van der Waals surface area contributed by atoms with Gasteiger partial charge in [-0.15, -0.1) is 0 Å². The molecule has 27 heavy (non-hydrogen) atoms. The molecule has 6 heteroatoms. The van der Waals surface area contributed by atoms with Crippen LogP contribution in [-0.2, 0) is 11.3 Å². The highest BCUT2D eigenvalue weighted by molar-refractivity contribution is 5.78. The maximum atomic E-state index is 12.2. The van der Waals surface area contributed by atoms with Gasteiger partial charge >= 0.3 is 0 Å². The van der Waals surface area contributed by atoms with Crippen LogP contribution in [0.1, 0.15) is 5.56 Å². The van der Waals surface area contributed by atoms with Gasteiger partial charge in [-0.05, 0) is 36.9 Å². The molecule has 2 heterocycles. The number of carbonyl (C=O) groups excluding carboxylic acids is 1. The van der Waals surface area contributed by atoms with Crippen molar-refractivity contribution in [1.82, 2.24) is 24.7 Å². The number of amides is 1. The second-order valence-electron chi connectivity index (χ2n) is 7.13. The second-order valence-corrected chi connectivity index (χ2v) is 7.13. The summed E-state index contributed by atoms with van der Waals surface area (Å²) < 4.78 is 2.07. The Labute approximate surface area is 159 Å². The molecule has 140 valence electrons. The molecule has 0 spiro atoms. The first-order valence-electron chi connectivity index (χ1n) is 9.38. The lowest BCUT2D eigenvalue weighted by molar-refractivity contribution is -0.122. The van der Waals surface area contributed by atoms with Crippen LogP contribution < -0.4 is 5.32 Å². The van der Waals surface area contributed by atoms with Gasteiger partial charge in [0.25, 0.3) is 0 Å². The summed E-state index contributed by atoms with van der Waals surface area (Å²) in [6.45, 7) is 4.99. The predicted molar refractivity (Wildman–Crippen MR) is 107 cm³/mol. The Morgan fingerprint density at radius 3 is 2.56 bits per heavy atom. The van der Waals surface area contributed by atoms with Crippen molar-refractivity contribution in [3.63, 3.8) is 0 Å². The summed E-state index contributed by atoms with van der Waals surface area (Å²) in [6, 6.07) is 16.3. The van der Waals surface area contributed by atoms with Gasteiger partial charge in [0.15, 0.2) is 0 Å². The molecule has 1 saturated heterocycles. The fourth-order valence-corrected chi connectivity index (χ4v) is 3.40. The van der Waals surface area contributed by atoms with E-state index in [4.69, 9.17) is 0 Å². The molecule has 1 aromatic heterocycles. The quantitative estimate of drug-likeness (QED) is 0.752. The molecule has 1 N–H and O–H groups in total. The number of para-hydroxylation sites is 2.